The van der Waals surface area contributed by atoms with Crippen LogP contribution in [0.3, 0.4) is 0 Å². The Kier molecular flexibility index (Phi) is 2.84. The van der Waals surface area contributed by atoms with Crippen molar-refractivity contribution in [1.82, 2.24) is 9.97 Å². The van der Waals surface area contributed by atoms with Crippen molar-refractivity contribution in [2.24, 2.45) is 0 Å². The van der Waals surface area contributed by atoms with Crippen molar-refractivity contribution >= 4 is 25.7 Å². The first kappa shape index (κ1) is 13.1. The van der Waals surface area contributed by atoms with Crippen LogP contribution >= 0.6 is 10.7 Å². The maximum Gasteiger partial charge on any atom is 0.261 e. The van der Waals surface area contributed by atoms with Gasteiger partial charge in [0.15, 0.2) is 0 Å². The molecule has 0 fully saturated rings. The number of nitrogens with one attached hydrogen (secondary N) is 1. The van der Waals surface area contributed by atoms with Gasteiger partial charge in [0.05, 0.1) is 16.2 Å². The lowest BCUT2D eigenvalue weighted by Crippen LogP contribution is -2.20. The highest BCUT2D eigenvalue weighted by molar-refractivity contribution is 8.13. The third-order valence-electron chi connectivity index (χ3n) is 3.27. The number of nitrogens with two attached hydrogens (primary N) is 1. The molecule has 0 unspecified atom stereocenters. The number of rotatable bonds is 1. The van der Waals surface area contributed by atoms with E-state index in [1.165, 1.54) is 12.1 Å². The summed E-state index contributed by atoms with van der Waals surface area (Å²) in [6.07, 6.45) is 1.11. The second-order valence-corrected chi connectivity index (χ2v) is 7.10. The number of hydrogen-bond donors (Lipinski definition) is 2. The van der Waals surface area contributed by atoms with Crippen molar-refractivity contribution in [3.05, 3.63) is 39.8 Å². The van der Waals surface area contributed by atoms with Gasteiger partial charge in [-0.15, -0.1) is 0 Å². The van der Waals surface area contributed by atoms with E-state index in [1.54, 1.807) is 6.07 Å². The van der Waals surface area contributed by atoms with Gasteiger partial charge in [-0.1, -0.05) is 6.07 Å². The van der Waals surface area contributed by atoms with Crippen molar-refractivity contribution < 1.29 is 8.42 Å². The molecule has 1 aromatic carbocycles. The van der Waals surface area contributed by atoms with Crippen LogP contribution in [0.25, 0.3) is 11.1 Å². The minimum atomic E-state index is -3.78. The lowest BCUT2D eigenvalue weighted by Gasteiger charge is -2.18. The van der Waals surface area contributed by atoms with E-state index in [2.05, 4.69) is 9.97 Å². The average molecular weight is 312 g/mol. The summed E-state index contributed by atoms with van der Waals surface area (Å²) in [7, 11) is 1.55. The normalized spacial score (nSPS) is 13.7. The van der Waals surface area contributed by atoms with Crippen LogP contribution in [0.2, 0.25) is 0 Å². The first-order chi connectivity index (χ1) is 9.36. The molecule has 3 N–H and O–H groups in total. The molecular formula is C12H10ClN3O3S. The van der Waals surface area contributed by atoms with Crippen LogP contribution in [0.1, 0.15) is 11.3 Å². The van der Waals surface area contributed by atoms with E-state index in [4.69, 9.17) is 16.4 Å². The molecule has 3 rings (SSSR count). The SMILES string of the molecule is Nc1nc2c(c(=O)[nH]1)-c1ccc(S(=O)(=O)Cl)cc1CC2. The third kappa shape index (κ3) is 2.08. The summed E-state index contributed by atoms with van der Waals surface area (Å²) in [4.78, 5) is 18.6. The Morgan fingerprint density at radius 3 is 2.75 bits per heavy atom. The fraction of sp³-hybridized carbons (Fsp3) is 0.167. The largest absolute Gasteiger partial charge is 0.369 e. The Morgan fingerprint density at radius 1 is 1.30 bits per heavy atom. The molecule has 1 aliphatic rings. The van der Waals surface area contributed by atoms with Crippen LogP contribution in [0.4, 0.5) is 5.95 Å². The molecule has 0 aliphatic heterocycles. The van der Waals surface area contributed by atoms with Gasteiger partial charge in [-0.25, -0.2) is 13.4 Å². The quantitative estimate of drug-likeness (QED) is 0.766. The van der Waals surface area contributed by atoms with Crippen molar-refractivity contribution in [2.45, 2.75) is 17.7 Å². The lowest BCUT2D eigenvalue weighted by molar-refractivity contribution is 0.609. The van der Waals surface area contributed by atoms with Gasteiger partial charge in [-0.2, -0.15) is 0 Å². The minimum Gasteiger partial charge on any atom is -0.369 e. The molecule has 0 saturated carbocycles. The molecule has 0 saturated heterocycles. The fourth-order valence-electron chi connectivity index (χ4n) is 2.42. The Hall–Kier alpha value is -1.86. The van der Waals surface area contributed by atoms with Crippen LogP contribution in [0.5, 0.6) is 0 Å². The molecule has 0 bridgehead atoms. The van der Waals surface area contributed by atoms with Crippen molar-refractivity contribution in [1.29, 1.82) is 0 Å². The summed E-state index contributed by atoms with van der Waals surface area (Å²) >= 11 is 0. The number of nitrogens with zero attached hydrogens (tertiary/aromatic N) is 1. The van der Waals surface area contributed by atoms with Crippen LogP contribution in [-0.2, 0) is 21.9 Å². The van der Waals surface area contributed by atoms with Crippen LogP contribution < -0.4 is 11.3 Å². The van der Waals surface area contributed by atoms with E-state index >= 15 is 0 Å². The molecule has 1 heterocycles. The number of aryl methyl sites for hydroxylation is 2. The fourth-order valence-corrected chi connectivity index (χ4v) is 3.22. The summed E-state index contributed by atoms with van der Waals surface area (Å²) in [5.74, 6) is 0.0807. The zero-order valence-corrected chi connectivity index (χ0v) is 11.8. The molecule has 1 aliphatic carbocycles. The minimum absolute atomic E-state index is 0.0289. The molecular weight excluding hydrogens is 302 g/mol. The highest BCUT2D eigenvalue weighted by Gasteiger charge is 2.22. The zero-order chi connectivity index (χ0) is 14.5. The number of aromatic amines is 1. The summed E-state index contributed by atoms with van der Waals surface area (Å²) in [5.41, 5.74) is 7.70. The first-order valence-corrected chi connectivity index (χ1v) is 8.14. The molecule has 6 nitrogen and oxygen atoms in total. The molecule has 8 heteroatoms. The highest BCUT2D eigenvalue weighted by atomic mass is 35.7. The topological polar surface area (TPSA) is 106 Å². The maximum atomic E-state index is 12.0. The van der Waals surface area contributed by atoms with Crippen molar-refractivity contribution in [2.75, 3.05) is 5.73 Å². The molecule has 1 aromatic heterocycles. The molecule has 0 amide bonds. The van der Waals surface area contributed by atoms with Gasteiger partial charge in [-0.05, 0) is 36.1 Å². The summed E-state index contributed by atoms with van der Waals surface area (Å²) in [6.45, 7) is 0. The van der Waals surface area contributed by atoms with Gasteiger partial charge >= 0.3 is 0 Å². The molecule has 0 radical (unpaired) electrons. The average Bonchev–Trinajstić information content (AvgIpc) is 2.36. The van der Waals surface area contributed by atoms with Gasteiger partial charge in [0.1, 0.15) is 0 Å². The number of fused-ring (bicyclic) bond motifs is 3. The Labute approximate surface area is 119 Å². The van der Waals surface area contributed by atoms with Gasteiger partial charge in [0.2, 0.25) is 5.95 Å². The van der Waals surface area contributed by atoms with E-state index in [0.717, 1.165) is 5.56 Å². The number of hydrogen-bond acceptors (Lipinski definition) is 5. The molecule has 104 valence electrons. The van der Waals surface area contributed by atoms with Crippen LogP contribution in [0, 0.1) is 0 Å². The van der Waals surface area contributed by atoms with Gasteiger partial charge in [0.25, 0.3) is 14.6 Å². The number of aromatic nitrogens is 2. The van der Waals surface area contributed by atoms with Gasteiger partial charge < -0.3 is 5.73 Å². The number of nitrogen functional groups attached to an aromatic ring is 1. The number of benzene rings is 1. The lowest BCUT2D eigenvalue weighted by atomic mass is 9.89. The number of anilines is 1. The zero-order valence-electron chi connectivity index (χ0n) is 10.2. The van der Waals surface area contributed by atoms with E-state index in [1.807, 2.05) is 0 Å². The van der Waals surface area contributed by atoms with Gasteiger partial charge in [-0.3, -0.25) is 9.78 Å². The third-order valence-corrected chi connectivity index (χ3v) is 4.62. The first-order valence-electron chi connectivity index (χ1n) is 5.83. The van der Waals surface area contributed by atoms with Crippen LogP contribution in [0.15, 0.2) is 27.9 Å². The monoisotopic (exact) mass is 311 g/mol. The Morgan fingerprint density at radius 2 is 2.05 bits per heavy atom. The standard InChI is InChI=1S/C12H10ClN3O3S/c13-20(18,19)7-2-3-8-6(5-7)1-4-9-10(8)11(17)16-12(14)15-9/h2-3,5H,1,4H2,(H3,14,15,16,17). The molecule has 0 atom stereocenters. The number of H-pyrrole nitrogens is 1. The summed E-state index contributed by atoms with van der Waals surface area (Å²) in [5, 5.41) is 0. The smallest absolute Gasteiger partial charge is 0.261 e. The van der Waals surface area contributed by atoms with E-state index < -0.39 is 9.05 Å². The summed E-state index contributed by atoms with van der Waals surface area (Å²) in [6, 6.07) is 4.46. The Balaban J connectivity index is 2.27. The maximum absolute atomic E-state index is 12.0. The highest BCUT2D eigenvalue weighted by Crippen LogP contribution is 2.32. The van der Waals surface area contributed by atoms with Crippen molar-refractivity contribution in [3.63, 3.8) is 0 Å². The predicted octanol–water partition coefficient (Wildman–Crippen LogP) is 1.05. The van der Waals surface area contributed by atoms with Crippen LogP contribution in [-0.4, -0.2) is 18.4 Å². The molecule has 0 spiro atoms. The van der Waals surface area contributed by atoms with E-state index in [0.29, 0.717) is 29.7 Å². The predicted molar refractivity (Wildman–Crippen MR) is 75.2 cm³/mol. The van der Waals surface area contributed by atoms with Gasteiger partial charge in [0, 0.05) is 10.7 Å². The second-order valence-electron chi connectivity index (χ2n) is 4.53. The number of halogens is 1. The van der Waals surface area contributed by atoms with E-state index in [9.17, 15) is 13.2 Å². The van der Waals surface area contributed by atoms with E-state index in [-0.39, 0.29) is 16.4 Å². The molecule has 2 aromatic rings. The summed E-state index contributed by atoms with van der Waals surface area (Å²) < 4.78 is 22.7. The Bertz CT molecular complexity index is 874. The molecule has 20 heavy (non-hydrogen) atoms. The van der Waals surface area contributed by atoms with Crippen molar-refractivity contribution in [3.8, 4) is 11.1 Å². The second kappa shape index (κ2) is 4.32.